The minimum Gasteiger partial charge on any atom is -0.376 e. The van der Waals surface area contributed by atoms with Gasteiger partial charge in [0.2, 0.25) is 0 Å². The molecule has 19 heavy (non-hydrogen) atoms. The van der Waals surface area contributed by atoms with Crippen LogP contribution in [0, 0.1) is 0 Å². The lowest BCUT2D eigenvalue weighted by Gasteiger charge is -2.23. The van der Waals surface area contributed by atoms with Crippen LogP contribution in [0.15, 0.2) is 29.2 Å². The Morgan fingerprint density at radius 2 is 2.00 bits per heavy atom. The van der Waals surface area contributed by atoms with Gasteiger partial charge in [0, 0.05) is 22.6 Å². The third-order valence-corrected chi connectivity index (χ3v) is 5.57. The maximum absolute atomic E-state index is 6.23. The normalized spacial score (nSPS) is 30.9. The second kappa shape index (κ2) is 6.29. The van der Waals surface area contributed by atoms with Crippen LogP contribution in [0.3, 0.4) is 0 Å². The van der Waals surface area contributed by atoms with E-state index in [2.05, 4.69) is 24.3 Å². The molecule has 1 heterocycles. The second-order valence-corrected chi connectivity index (χ2v) is 6.78. The number of ether oxygens (including phenoxy) is 1. The molecule has 0 saturated heterocycles. The molecule has 3 atom stereocenters. The zero-order chi connectivity index (χ0) is 13.1. The minimum absolute atomic E-state index is 0.242. The molecule has 0 bridgehead atoms. The van der Waals surface area contributed by atoms with Gasteiger partial charge in [-0.25, -0.2) is 0 Å². The van der Waals surface area contributed by atoms with E-state index >= 15 is 0 Å². The molecule has 2 aliphatic rings. The fraction of sp³-hybridized carbons (Fsp3) is 0.625. The summed E-state index contributed by atoms with van der Waals surface area (Å²) in [5, 5.41) is 0. The van der Waals surface area contributed by atoms with Crippen molar-refractivity contribution >= 4 is 11.8 Å². The van der Waals surface area contributed by atoms with Gasteiger partial charge < -0.3 is 10.5 Å². The maximum Gasteiger partial charge on any atom is 0.0726 e. The molecule has 1 aromatic rings. The van der Waals surface area contributed by atoms with Crippen LogP contribution in [-0.2, 0) is 4.74 Å². The van der Waals surface area contributed by atoms with Gasteiger partial charge in [0.15, 0.2) is 0 Å². The van der Waals surface area contributed by atoms with E-state index in [1.807, 2.05) is 11.8 Å². The van der Waals surface area contributed by atoms with Crippen molar-refractivity contribution < 1.29 is 4.74 Å². The Morgan fingerprint density at radius 1 is 1.16 bits per heavy atom. The van der Waals surface area contributed by atoms with Crippen molar-refractivity contribution in [2.75, 3.05) is 12.4 Å². The van der Waals surface area contributed by atoms with E-state index in [1.165, 1.54) is 29.7 Å². The molecule has 0 amide bonds. The monoisotopic (exact) mass is 277 g/mol. The zero-order valence-electron chi connectivity index (χ0n) is 11.4. The standard InChI is InChI=1S/C16H23NOS/c17-14-7-2-1-3-8-15(14)18-10-12-11-19-16-9-5-4-6-13(12)16/h4-6,9,12,14-15H,1-3,7-8,10-11,17H2. The first-order chi connectivity index (χ1) is 9.34. The number of rotatable bonds is 3. The van der Waals surface area contributed by atoms with Gasteiger partial charge >= 0.3 is 0 Å². The van der Waals surface area contributed by atoms with E-state index in [0.717, 1.165) is 25.2 Å². The fourth-order valence-corrected chi connectivity index (χ4v) is 4.35. The zero-order valence-corrected chi connectivity index (χ0v) is 12.2. The van der Waals surface area contributed by atoms with Gasteiger partial charge in [-0.15, -0.1) is 11.8 Å². The van der Waals surface area contributed by atoms with E-state index in [0.29, 0.717) is 5.92 Å². The summed E-state index contributed by atoms with van der Waals surface area (Å²) in [5.74, 6) is 1.71. The molecule has 3 unspecified atom stereocenters. The first kappa shape index (κ1) is 13.5. The number of thioether (sulfide) groups is 1. The van der Waals surface area contributed by atoms with Gasteiger partial charge in [-0.2, -0.15) is 0 Å². The third kappa shape index (κ3) is 3.15. The van der Waals surface area contributed by atoms with Crippen LogP contribution in [0.4, 0.5) is 0 Å². The second-order valence-electron chi connectivity index (χ2n) is 5.72. The van der Waals surface area contributed by atoms with Gasteiger partial charge in [-0.3, -0.25) is 0 Å². The number of hydrogen-bond acceptors (Lipinski definition) is 3. The molecular weight excluding hydrogens is 254 g/mol. The van der Waals surface area contributed by atoms with Crippen molar-refractivity contribution in [2.45, 2.75) is 55.1 Å². The summed E-state index contributed by atoms with van der Waals surface area (Å²) < 4.78 is 6.18. The Labute approximate surface area is 120 Å². The average molecular weight is 277 g/mol. The van der Waals surface area contributed by atoms with Crippen molar-refractivity contribution in [1.29, 1.82) is 0 Å². The SMILES string of the molecule is NC1CCCCCC1OCC1CSc2ccccc21. The van der Waals surface area contributed by atoms with Crippen LogP contribution in [0.25, 0.3) is 0 Å². The Balaban J connectivity index is 1.58. The average Bonchev–Trinajstić information content (AvgIpc) is 2.73. The Hall–Kier alpha value is -0.510. The van der Waals surface area contributed by atoms with Gasteiger partial charge in [-0.05, 0) is 24.5 Å². The van der Waals surface area contributed by atoms with E-state index in [4.69, 9.17) is 10.5 Å². The number of nitrogens with two attached hydrogens (primary N) is 1. The summed E-state index contributed by atoms with van der Waals surface area (Å²) in [6.07, 6.45) is 6.40. The number of hydrogen-bond donors (Lipinski definition) is 1. The Morgan fingerprint density at radius 3 is 2.95 bits per heavy atom. The smallest absolute Gasteiger partial charge is 0.0726 e. The summed E-state index contributed by atoms with van der Waals surface area (Å²) in [5.41, 5.74) is 7.70. The van der Waals surface area contributed by atoms with Crippen molar-refractivity contribution in [2.24, 2.45) is 5.73 Å². The molecule has 2 N–H and O–H groups in total. The molecule has 1 fully saturated rings. The highest BCUT2D eigenvalue weighted by Gasteiger charge is 2.26. The first-order valence-electron chi connectivity index (χ1n) is 7.43. The van der Waals surface area contributed by atoms with E-state index in [1.54, 1.807) is 0 Å². The van der Waals surface area contributed by atoms with Gasteiger partial charge in [0.05, 0.1) is 12.7 Å². The third-order valence-electron chi connectivity index (χ3n) is 4.31. The topological polar surface area (TPSA) is 35.2 Å². The van der Waals surface area contributed by atoms with E-state index in [-0.39, 0.29) is 12.1 Å². The predicted molar refractivity (Wildman–Crippen MR) is 80.7 cm³/mol. The van der Waals surface area contributed by atoms with Gasteiger partial charge in [0.25, 0.3) is 0 Å². The van der Waals surface area contributed by atoms with Crippen molar-refractivity contribution in [1.82, 2.24) is 0 Å². The van der Waals surface area contributed by atoms with Gasteiger partial charge in [-0.1, -0.05) is 37.5 Å². The molecule has 2 nitrogen and oxygen atoms in total. The molecule has 0 spiro atoms. The van der Waals surface area contributed by atoms with Crippen LogP contribution in [0.5, 0.6) is 0 Å². The van der Waals surface area contributed by atoms with Crippen LogP contribution in [0.1, 0.15) is 43.6 Å². The summed E-state index contributed by atoms with van der Waals surface area (Å²) >= 11 is 1.96. The number of benzene rings is 1. The van der Waals surface area contributed by atoms with Gasteiger partial charge in [0.1, 0.15) is 0 Å². The summed E-state index contributed by atoms with van der Waals surface area (Å²) in [6.45, 7) is 0.836. The molecular formula is C16H23NOS. The largest absolute Gasteiger partial charge is 0.376 e. The molecule has 1 aromatic carbocycles. The first-order valence-corrected chi connectivity index (χ1v) is 8.42. The van der Waals surface area contributed by atoms with Crippen LogP contribution in [-0.4, -0.2) is 24.5 Å². The highest BCUT2D eigenvalue weighted by Crippen LogP contribution is 2.39. The molecule has 0 radical (unpaired) electrons. The quantitative estimate of drug-likeness (QED) is 0.858. The Kier molecular flexibility index (Phi) is 4.46. The summed E-state index contributed by atoms with van der Waals surface area (Å²) in [7, 11) is 0. The highest BCUT2D eigenvalue weighted by molar-refractivity contribution is 7.99. The van der Waals surface area contributed by atoms with Crippen LogP contribution >= 0.6 is 11.8 Å². The van der Waals surface area contributed by atoms with Crippen molar-refractivity contribution in [3.8, 4) is 0 Å². The molecule has 1 aliphatic carbocycles. The summed E-state index contributed by atoms with van der Waals surface area (Å²) in [4.78, 5) is 1.43. The molecule has 104 valence electrons. The highest BCUT2D eigenvalue weighted by atomic mass is 32.2. The Bertz CT molecular complexity index is 423. The van der Waals surface area contributed by atoms with Crippen LogP contribution in [0.2, 0.25) is 0 Å². The van der Waals surface area contributed by atoms with Crippen LogP contribution < -0.4 is 5.73 Å². The molecule has 1 aliphatic heterocycles. The minimum atomic E-state index is 0.242. The lowest BCUT2D eigenvalue weighted by atomic mass is 10.0. The van der Waals surface area contributed by atoms with Crippen molar-refractivity contribution in [3.05, 3.63) is 29.8 Å². The maximum atomic E-state index is 6.23. The lowest BCUT2D eigenvalue weighted by molar-refractivity contribution is 0.0253. The van der Waals surface area contributed by atoms with Crippen molar-refractivity contribution in [3.63, 3.8) is 0 Å². The summed E-state index contributed by atoms with van der Waals surface area (Å²) in [6, 6.07) is 8.96. The van der Waals surface area contributed by atoms with E-state index < -0.39 is 0 Å². The predicted octanol–water partition coefficient (Wildman–Crippen LogP) is 3.55. The molecule has 3 heteroatoms. The molecule has 1 saturated carbocycles. The number of fused-ring (bicyclic) bond motifs is 1. The fourth-order valence-electron chi connectivity index (χ4n) is 3.12. The molecule has 0 aromatic heterocycles. The molecule has 3 rings (SSSR count). The lowest BCUT2D eigenvalue weighted by Crippen LogP contribution is -2.36. The van der Waals surface area contributed by atoms with E-state index in [9.17, 15) is 0 Å².